The zero-order valence-corrected chi connectivity index (χ0v) is 10.7. The Morgan fingerprint density at radius 3 is 2.71 bits per heavy atom. The first-order valence-corrected chi connectivity index (χ1v) is 6.35. The van der Waals surface area contributed by atoms with Gasteiger partial charge in [0.2, 0.25) is 0 Å². The van der Waals surface area contributed by atoms with Gasteiger partial charge in [-0.1, -0.05) is 29.3 Å². The quantitative estimate of drug-likeness (QED) is 0.731. The Labute approximate surface area is 111 Å². The molecule has 0 saturated heterocycles. The van der Waals surface area contributed by atoms with Crippen molar-refractivity contribution < 1.29 is 5.11 Å². The highest BCUT2D eigenvalue weighted by Crippen LogP contribution is 2.34. The van der Waals surface area contributed by atoms with Gasteiger partial charge in [0.25, 0.3) is 0 Å². The zero-order valence-electron chi connectivity index (χ0n) is 8.39. The average molecular weight is 285 g/mol. The highest BCUT2D eigenvalue weighted by molar-refractivity contribution is 7.19. The summed E-state index contributed by atoms with van der Waals surface area (Å²) in [6.07, 6.45) is 0. The van der Waals surface area contributed by atoms with Crippen LogP contribution in [0.1, 0.15) is 0 Å². The number of thiophene rings is 1. The SMILES string of the molecule is Oc1cccc2c(Cl)nc(-c3ccc(Cl)s3)n12. The second-order valence-electron chi connectivity index (χ2n) is 3.43. The summed E-state index contributed by atoms with van der Waals surface area (Å²) in [5.74, 6) is 0.696. The van der Waals surface area contributed by atoms with E-state index in [2.05, 4.69) is 4.98 Å². The summed E-state index contributed by atoms with van der Waals surface area (Å²) in [7, 11) is 0. The molecule has 86 valence electrons. The second-order valence-corrected chi connectivity index (χ2v) is 5.51. The van der Waals surface area contributed by atoms with Crippen molar-refractivity contribution in [1.29, 1.82) is 0 Å². The molecule has 0 aliphatic carbocycles. The molecule has 1 N–H and O–H groups in total. The van der Waals surface area contributed by atoms with Crippen molar-refractivity contribution in [2.75, 3.05) is 0 Å². The van der Waals surface area contributed by atoms with Gasteiger partial charge >= 0.3 is 0 Å². The van der Waals surface area contributed by atoms with E-state index in [4.69, 9.17) is 23.2 Å². The monoisotopic (exact) mass is 284 g/mol. The molecule has 0 aromatic carbocycles. The molecule has 0 radical (unpaired) electrons. The Morgan fingerprint density at radius 2 is 2.00 bits per heavy atom. The average Bonchev–Trinajstić information content (AvgIpc) is 2.85. The van der Waals surface area contributed by atoms with Crippen molar-refractivity contribution >= 4 is 40.1 Å². The fourth-order valence-corrected chi connectivity index (χ4v) is 2.93. The van der Waals surface area contributed by atoms with E-state index in [1.54, 1.807) is 28.7 Å². The third-order valence-corrected chi connectivity index (χ3v) is 3.90. The van der Waals surface area contributed by atoms with Crippen molar-refractivity contribution in [2.24, 2.45) is 0 Å². The molecule has 3 aromatic heterocycles. The number of aromatic nitrogens is 2. The Balaban J connectivity index is 2.37. The first kappa shape index (κ1) is 10.9. The van der Waals surface area contributed by atoms with E-state index in [1.165, 1.54) is 11.3 Å². The van der Waals surface area contributed by atoms with Crippen molar-refractivity contribution in [2.45, 2.75) is 0 Å². The topological polar surface area (TPSA) is 37.5 Å². The van der Waals surface area contributed by atoms with Crippen LogP contribution in [0.2, 0.25) is 9.49 Å². The van der Waals surface area contributed by atoms with Crippen molar-refractivity contribution in [1.82, 2.24) is 9.38 Å². The number of halogens is 2. The number of imidazole rings is 1. The van der Waals surface area contributed by atoms with Crippen LogP contribution in [-0.2, 0) is 0 Å². The highest BCUT2D eigenvalue weighted by Gasteiger charge is 2.15. The Kier molecular flexibility index (Phi) is 2.50. The van der Waals surface area contributed by atoms with Crippen LogP contribution in [-0.4, -0.2) is 14.5 Å². The first-order chi connectivity index (χ1) is 8.16. The smallest absolute Gasteiger partial charge is 0.197 e. The molecule has 0 bridgehead atoms. The predicted molar refractivity (Wildman–Crippen MR) is 70.2 cm³/mol. The molecule has 3 rings (SSSR count). The van der Waals surface area contributed by atoms with Crippen LogP contribution in [0, 0.1) is 0 Å². The first-order valence-electron chi connectivity index (χ1n) is 4.78. The van der Waals surface area contributed by atoms with E-state index < -0.39 is 0 Å². The standard InChI is InChI=1S/C11H6Cl2N2OS/c12-8-5-4-7(17-8)11-14-10(13)6-2-1-3-9(16)15(6)11/h1-5,16H. The molecule has 17 heavy (non-hydrogen) atoms. The summed E-state index contributed by atoms with van der Waals surface area (Å²) in [6.45, 7) is 0. The van der Waals surface area contributed by atoms with Gasteiger partial charge in [-0.2, -0.15) is 0 Å². The van der Waals surface area contributed by atoms with Crippen molar-refractivity contribution in [3.8, 4) is 16.6 Å². The number of nitrogens with zero attached hydrogens (tertiary/aromatic N) is 2. The predicted octanol–water partition coefficient (Wildman–Crippen LogP) is 4.08. The molecule has 0 amide bonds. The maximum absolute atomic E-state index is 9.87. The van der Waals surface area contributed by atoms with E-state index in [0.29, 0.717) is 20.8 Å². The number of fused-ring (bicyclic) bond motifs is 1. The van der Waals surface area contributed by atoms with E-state index in [-0.39, 0.29) is 5.88 Å². The highest BCUT2D eigenvalue weighted by atomic mass is 35.5. The molecular formula is C11H6Cl2N2OS. The Morgan fingerprint density at radius 1 is 1.18 bits per heavy atom. The fraction of sp³-hybridized carbons (Fsp3) is 0. The lowest BCUT2D eigenvalue weighted by molar-refractivity contribution is 0.447. The molecule has 0 fully saturated rings. The third-order valence-electron chi connectivity index (χ3n) is 2.39. The lowest BCUT2D eigenvalue weighted by Gasteiger charge is -2.00. The van der Waals surface area contributed by atoms with Gasteiger partial charge in [0.15, 0.2) is 16.9 Å². The van der Waals surface area contributed by atoms with Gasteiger partial charge in [-0.3, -0.25) is 4.40 Å². The van der Waals surface area contributed by atoms with Gasteiger partial charge < -0.3 is 5.11 Å². The van der Waals surface area contributed by atoms with Crippen molar-refractivity contribution in [3.63, 3.8) is 0 Å². The summed E-state index contributed by atoms with van der Waals surface area (Å²) in [5, 5.41) is 10.2. The molecule has 3 heterocycles. The van der Waals surface area contributed by atoms with Gasteiger partial charge in [0.05, 0.1) is 14.7 Å². The molecule has 0 unspecified atom stereocenters. The van der Waals surface area contributed by atoms with Crippen LogP contribution in [0.5, 0.6) is 5.88 Å². The van der Waals surface area contributed by atoms with Crippen LogP contribution in [0.4, 0.5) is 0 Å². The molecule has 3 aromatic rings. The molecule has 0 atom stereocenters. The maximum atomic E-state index is 9.87. The summed E-state index contributed by atoms with van der Waals surface area (Å²) >= 11 is 13.3. The minimum absolute atomic E-state index is 0.0985. The molecule has 0 aliphatic rings. The number of aromatic hydroxyl groups is 1. The molecule has 3 nitrogen and oxygen atoms in total. The fourth-order valence-electron chi connectivity index (χ4n) is 1.68. The van der Waals surface area contributed by atoms with Gasteiger partial charge in [-0.25, -0.2) is 4.98 Å². The maximum Gasteiger partial charge on any atom is 0.197 e. The molecule has 0 saturated carbocycles. The van der Waals surface area contributed by atoms with Gasteiger partial charge in [0, 0.05) is 0 Å². The van der Waals surface area contributed by atoms with Gasteiger partial charge in [-0.05, 0) is 24.3 Å². The van der Waals surface area contributed by atoms with E-state index in [9.17, 15) is 5.11 Å². The summed E-state index contributed by atoms with van der Waals surface area (Å²) in [4.78, 5) is 5.11. The molecule has 0 aliphatic heterocycles. The van der Waals surface area contributed by atoms with E-state index in [0.717, 1.165) is 4.88 Å². The third kappa shape index (κ3) is 1.69. The second kappa shape index (κ2) is 3.91. The summed E-state index contributed by atoms with van der Waals surface area (Å²) in [5.41, 5.74) is 0.672. The number of rotatable bonds is 1. The molecular weight excluding hydrogens is 279 g/mol. The minimum Gasteiger partial charge on any atom is -0.494 e. The van der Waals surface area contributed by atoms with Crippen LogP contribution < -0.4 is 0 Å². The van der Waals surface area contributed by atoms with Crippen LogP contribution in [0.3, 0.4) is 0 Å². The summed E-state index contributed by atoms with van der Waals surface area (Å²) in [6, 6.07) is 8.75. The Bertz CT molecular complexity index is 705. The Hall–Kier alpha value is -1.23. The van der Waals surface area contributed by atoms with E-state index in [1.807, 2.05) is 6.07 Å². The molecule has 6 heteroatoms. The number of hydrogen-bond acceptors (Lipinski definition) is 3. The number of pyridine rings is 1. The lowest BCUT2D eigenvalue weighted by atomic mass is 10.4. The van der Waals surface area contributed by atoms with Crippen LogP contribution >= 0.6 is 34.5 Å². The minimum atomic E-state index is 0.0985. The zero-order chi connectivity index (χ0) is 12.0. The lowest BCUT2D eigenvalue weighted by Crippen LogP contribution is -1.87. The summed E-state index contributed by atoms with van der Waals surface area (Å²) < 4.78 is 2.27. The molecule has 0 spiro atoms. The van der Waals surface area contributed by atoms with Gasteiger partial charge in [-0.15, -0.1) is 11.3 Å². The largest absolute Gasteiger partial charge is 0.494 e. The van der Waals surface area contributed by atoms with E-state index >= 15 is 0 Å². The van der Waals surface area contributed by atoms with Crippen molar-refractivity contribution in [3.05, 3.63) is 39.8 Å². The van der Waals surface area contributed by atoms with Crippen LogP contribution in [0.25, 0.3) is 16.2 Å². The van der Waals surface area contributed by atoms with Gasteiger partial charge in [0.1, 0.15) is 0 Å². The van der Waals surface area contributed by atoms with Crippen LogP contribution in [0.15, 0.2) is 30.3 Å². The number of hydrogen-bond donors (Lipinski definition) is 1. The normalized spacial score (nSPS) is 11.2.